The maximum absolute atomic E-state index is 13.8. The molecule has 0 radical (unpaired) electrons. The molecule has 1 N–H and O–H groups in total. The third-order valence-electron chi connectivity index (χ3n) is 4.24. The molecule has 0 aliphatic carbocycles. The Morgan fingerprint density at radius 2 is 1.93 bits per heavy atom. The van der Waals surface area contributed by atoms with Gasteiger partial charge in [-0.1, -0.05) is 12.1 Å². The Morgan fingerprint density at radius 1 is 1.19 bits per heavy atom. The number of halogens is 2. The first-order chi connectivity index (χ1) is 12.9. The van der Waals surface area contributed by atoms with E-state index in [4.69, 9.17) is 0 Å². The predicted molar refractivity (Wildman–Crippen MR) is 103 cm³/mol. The van der Waals surface area contributed by atoms with E-state index in [1.165, 1.54) is 6.07 Å². The van der Waals surface area contributed by atoms with Crippen LogP contribution in [0.3, 0.4) is 0 Å². The number of aliphatic imine (C=N–C) groups is 1. The second-order valence-electron chi connectivity index (χ2n) is 6.02. The van der Waals surface area contributed by atoms with Crippen LogP contribution in [0, 0.1) is 18.6 Å². The maximum Gasteiger partial charge on any atom is 0.286 e. The number of hydrogen-bond acceptors (Lipinski definition) is 4. The average molecular weight is 384 g/mol. The number of anilines is 1. The first kappa shape index (κ1) is 17.4. The fourth-order valence-electron chi connectivity index (χ4n) is 2.76. The minimum Gasteiger partial charge on any atom is -0.331 e. The highest BCUT2D eigenvalue weighted by Crippen LogP contribution is 2.31. The fraction of sp³-hybridized carbons (Fsp3) is 0.105. The maximum atomic E-state index is 13.8. The van der Waals surface area contributed by atoms with Crippen LogP contribution in [-0.2, 0) is 11.8 Å². The van der Waals surface area contributed by atoms with Crippen molar-refractivity contribution in [3.05, 3.63) is 64.3 Å². The van der Waals surface area contributed by atoms with Gasteiger partial charge in [0, 0.05) is 7.05 Å². The number of rotatable bonds is 2. The van der Waals surface area contributed by atoms with Crippen molar-refractivity contribution < 1.29 is 13.6 Å². The SMILES string of the molecule is Cc1nc2ccc(/C=C3\SC(Nc4c(F)cccc4F)=NC3=O)cc2n1C. The van der Waals surface area contributed by atoms with E-state index >= 15 is 0 Å². The van der Waals surface area contributed by atoms with E-state index in [9.17, 15) is 13.6 Å². The van der Waals surface area contributed by atoms with Crippen LogP contribution in [0.25, 0.3) is 17.1 Å². The Bertz CT molecular complexity index is 1130. The molecule has 8 heteroatoms. The van der Waals surface area contributed by atoms with E-state index < -0.39 is 17.5 Å². The standard InChI is InChI=1S/C19H14F2N4OS/c1-10-22-14-7-6-11(8-15(14)25(10)2)9-16-18(26)24-19(27-16)23-17-12(20)4-3-5-13(17)21/h3-9H,1-2H3,(H,23,24,26)/b16-9-. The van der Waals surface area contributed by atoms with Crippen molar-refractivity contribution in [2.24, 2.45) is 12.0 Å². The number of benzene rings is 2. The number of fused-ring (bicyclic) bond motifs is 1. The summed E-state index contributed by atoms with van der Waals surface area (Å²) in [5.41, 5.74) is 2.31. The van der Waals surface area contributed by atoms with Gasteiger partial charge in [-0.25, -0.2) is 13.8 Å². The lowest BCUT2D eigenvalue weighted by molar-refractivity contribution is -0.113. The van der Waals surface area contributed by atoms with Gasteiger partial charge in [0.2, 0.25) is 0 Å². The summed E-state index contributed by atoms with van der Waals surface area (Å²) < 4.78 is 29.5. The molecule has 1 aromatic heterocycles. The Morgan fingerprint density at radius 3 is 2.67 bits per heavy atom. The molecule has 0 unspecified atom stereocenters. The molecule has 3 aromatic rings. The zero-order valence-electron chi connectivity index (χ0n) is 14.5. The summed E-state index contributed by atoms with van der Waals surface area (Å²) in [6.45, 7) is 1.92. The number of hydrogen-bond donors (Lipinski definition) is 1. The largest absolute Gasteiger partial charge is 0.331 e. The molecule has 0 atom stereocenters. The zero-order valence-corrected chi connectivity index (χ0v) is 15.3. The number of imidazole rings is 1. The molecule has 2 aromatic carbocycles. The van der Waals surface area contributed by atoms with Crippen LogP contribution in [0.5, 0.6) is 0 Å². The van der Waals surface area contributed by atoms with Gasteiger partial charge in [0.05, 0.1) is 15.9 Å². The second-order valence-corrected chi connectivity index (χ2v) is 7.05. The number of amidine groups is 1. The van der Waals surface area contributed by atoms with Gasteiger partial charge in [0.1, 0.15) is 23.1 Å². The van der Waals surface area contributed by atoms with Crippen LogP contribution in [0.1, 0.15) is 11.4 Å². The Labute approximate surface area is 157 Å². The summed E-state index contributed by atoms with van der Waals surface area (Å²) >= 11 is 1.04. The number of aromatic nitrogens is 2. The number of para-hydroxylation sites is 1. The van der Waals surface area contributed by atoms with Gasteiger partial charge in [-0.15, -0.1) is 0 Å². The van der Waals surface area contributed by atoms with Crippen molar-refractivity contribution in [3.63, 3.8) is 0 Å². The molecule has 136 valence electrons. The molecule has 1 amide bonds. The molecule has 0 saturated heterocycles. The van der Waals surface area contributed by atoms with Gasteiger partial charge in [-0.2, -0.15) is 4.99 Å². The molecule has 1 aliphatic heterocycles. The predicted octanol–water partition coefficient (Wildman–Crippen LogP) is 4.24. The first-order valence-corrected chi connectivity index (χ1v) is 8.91. The Balaban J connectivity index is 1.59. The quantitative estimate of drug-likeness (QED) is 0.672. The molecule has 4 rings (SSSR count). The third kappa shape index (κ3) is 3.23. The van der Waals surface area contributed by atoms with E-state index in [0.717, 1.165) is 46.3 Å². The summed E-state index contributed by atoms with van der Waals surface area (Å²) in [5, 5.41) is 2.68. The number of amides is 1. The highest BCUT2D eigenvalue weighted by molar-refractivity contribution is 8.18. The molecule has 0 fully saturated rings. The lowest BCUT2D eigenvalue weighted by Crippen LogP contribution is -2.08. The highest BCUT2D eigenvalue weighted by Gasteiger charge is 2.23. The topological polar surface area (TPSA) is 59.3 Å². The number of nitrogens with one attached hydrogen (secondary N) is 1. The lowest BCUT2D eigenvalue weighted by Gasteiger charge is -2.06. The molecular formula is C19H14F2N4OS. The molecule has 27 heavy (non-hydrogen) atoms. The zero-order chi connectivity index (χ0) is 19.1. The summed E-state index contributed by atoms with van der Waals surface area (Å²) in [7, 11) is 1.92. The molecular weight excluding hydrogens is 370 g/mol. The summed E-state index contributed by atoms with van der Waals surface area (Å²) in [4.78, 5) is 20.8. The Kier molecular flexibility index (Phi) is 4.27. The monoisotopic (exact) mass is 384 g/mol. The van der Waals surface area contributed by atoms with Crippen LogP contribution in [0.4, 0.5) is 14.5 Å². The normalized spacial score (nSPS) is 15.6. The van der Waals surface area contributed by atoms with Crippen molar-refractivity contribution in [2.75, 3.05) is 5.32 Å². The van der Waals surface area contributed by atoms with E-state index in [0.29, 0.717) is 4.91 Å². The minimum absolute atomic E-state index is 0.132. The van der Waals surface area contributed by atoms with Gasteiger partial charge < -0.3 is 9.88 Å². The highest BCUT2D eigenvalue weighted by atomic mass is 32.2. The molecule has 0 saturated carbocycles. The smallest absolute Gasteiger partial charge is 0.286 e. The van der Waals surface area contributed by atoms with Gasteiger partial charge in [0.25, 0.3) is 5.91 Å². The van der Waals surface area contributed by atoms with Gasteiger partial charge >= 0.3 is 0 Å². The van der Waals surface area contributed by atoms with Crippen LogP contribution in [0.15, 0.2) is 46.3 Å². The fourth-order valence-corrected chi connectivity index (χ4v) is 3.57. The van der Waals surface area contributed by atoms with Crippen LogP contribution >= 0.6 is 11.8 Å². The van der Waals surface area contributed by atoms with Crippen LogP contribution in [0.2, 0.25) is 0 Å². The molecule has 2 heterocycles. The van der Waals surface area contributed by atoms with Gasteiger partial charge in [0.15, 0.2) is 5.17 Å². The number of aryl methyl sites for hydroxylation is 2. The van der Waals surface area contributed by atoms with Crippen LogP contribution in [-0.4, -0.2) is 20.6 Å². The number of thioether (sulfide) groups is 1. The van der Waals surface area contributed by atoms with Gasteiger partial charge in [-0.3, -0.25) is 4.79 Å². The number of carbonyl (C=O) groups excluding carboxylic acids is 1. The molecule has 1 aliphatic rings. The average Bonchev–Trinajstić information content (AvgIpc) is 3.11. The first-order valence-electron chi connectivity index (χ1n) is 8.09. The third-order valence-corrected chi connectivity index (χ3v) is 5.14. The van der Waals surface area contributed by atoms with Crippen molar-refractivity contribution in [3.8, 4) is 0 Å². The van der Waals surface area contributed by atoms with E-state index in [1.54, 1.807) is 6.08 Å². The van der Waals surface area contributed by atoms with Crippen molar-refractivity contribution in [2.45, 2.75) is 6.92 Å². The van der Waals surface area contributed by atoms with Crippen molar-refractivity contribution in [1.29, 1.82) is 0 Å². The summed E-state index contributed by atoms with van der Waals surface area (Å²) in [6.07, 6.45) is 1.70. The molecule has 5 nitrogen and oxygen atoms in total. The van der Waals surface area contributed by atoms with E-state index in [1.807, 2.05) is 36.7 Å². The van der Waals surface area contributed by atoms with Crippen molar-refractivity contribution in [1.82, 2.24) is 9.55 Å². The second kappa shape index (κ2) is 6.62. The van der Waals surface area contributed by atoms with Gasteiger partial charge in [-0.05, 0) is 54.6 Å². The minimum atomic E-state index is -0.750. The number of carbonyl (C=O) groups is 1. The van der Waals surface area contributed by atoms with E-state index in [-0.39, 0.29) is 10.9 Å². The number of nitrogens with zero attached hydrogens (tertiary/aromatic N) is 3. The Hall–Kier alpha value is -3.00. The lowest BCUT2D eigenvalue weighted by atomic mass is 10.2. The van der Waals surface area contributed by atoms with Crippen molar-refractivity contribution >= 4 is 45.6 Å². The summed E-state index contributed by atoms with van der Waals surface area (Å²) in [6, 6.07) is 9.21. The molecule has 0 bridgehead atoms. The van der Waals surface area contributed by atoms with E-state index in [2.05, 4.69) is 15.3 Å². The molecule has 0 spiro atoms. The van der Waals surface area contributed by atoms with Crippen LogP contribution < -0.4 is 5.32 Å². The summed E-state index contributed by atoms with van der Waals surface area (Å²) in [5.74, 6) is -1.07.